The molecule has 26 heavy (non-hydrogen) atoms. The molecule has 142 valence electrons. The second kappa shape index (κ2) is 11.1. The van der Waals surface area contributed by atoms with Crippen molar-refractivity contribution in [2.24, 2.45) is 0 Å². The molecule has 0 heterocycles. The molecule has 0 aromatic heterocycles. The van der Waals surface area contributed by atoms with E-state index in [1.54, 1.807) is 0 Å². The van der Waals surface area contributed by atoms with E-state index in [0.717, 1.165) is 16.9 Å². The average molecular weight is 361 g/mol. The molecule has 0 aliphatic rings. The molecule has 1 unspecified atom stereocenters. The minimum atomic E-state index is -0.470. The van der Waals surface area contributed by atoms with Gasteiger partial charge in [0.1, 0.15) is 17.4 Å². The number of ether oxygens (including phenoxy) is 3. The summed E-state index contributed by atoms with van der Waals surface area (Å²) in [6, 6.07) is 7.38. The molecule has 7 heteroatoms. The first-order valence-corrected chi connectivity index (χ1v) is 8.40. The number of nitriles is 1. The smallest absolute Gasteiger partial charge is 0.263 e. The first kappa shape index (κ1) is 21.5. The number of methoxy groups -OCH3 is 2. The number of benzene rings is 1. The summed E-state index contributed by atoms with van der Waals surface area (Å²) in [7, 11) is 3.02. The maximum absolute atomic E-state index is 12.4. The minimum Gasteiger partial charge on any atom is -0.494 e. The Kier molecular flexibility index (Phi) is 9.20. The molecule has 1 atom stereocenters. The van der Waals surface area contributed by atoms with Crippen molar-refractivity contribution < 1.29 is 19.0 Å². The van der Waals surface area contributed by atoms with E-state index in [4.69, 9.17) is 14.2 Å². The second-order valence-corrected chi connectivity index (χ2v) is 5.65. The molecule has 1 rings (SSSR count). The molecule has 1 amide bonds. The van der Waals surface area contributed by atoms with E-state index in [2.05, 4.69) is 10.6 Å². The van der Waals surface area contributed by atoms with Crippen LogP contribution in [0.1, 0.15) is 31.0 Å². The Balaban J connectivity index is 2.81. The van der Waals surface area contributed by atoms with Crippen LogP contribution >= 0.6 is 0 Å². The predicted molar refractivity (Wildman–Crippen MR) is 98.4 cm³/mol. The van der Waals surface area contributed by atoms with Crippen molar-refractivity contribution in [1.29, 1.82) is 5.26 Å². The first-order valence-electron chi connectivity index (χ1n) is 8.40. The van der Waals surface area contributed by atoms with Gasteiger partial charge in [0.25, 0.3) is 5.91 Å². The highest BCUT2D eigenvalue weighted by Crippen LogP contribution is 2.26. The summed E-state index contributed by atoms with van der Waals surface area (Å²) < 4.78 is 15.7. The van der Waals surface area contributed by atoms with E-state index in [-0.39, 0.29) is 11.6 Å². The second-order valence-electron chi connectivity index (χ2n) is 5.65. The summed E-state index contributed by atoms with van der Waals surface area (Å²) in [6.07, 6.45) is 0.890. The molecule has 0 radical (unpaired) electrons. The Labute approximate surface area is 154 Å². The fourth-order valence-electron chi connectivity index (χ4n) is 2.31. The molecule has 7 nitrogen and oxygen atoms in total. The number of hydrogen-bond donors (Lipinski definition) is 2. The van der Waals surface area contributed by atoms with Crippen molar-refractivity contribution in [2.45, 2.75) is 33.1 Å². The molecular weight excluding hydrogens is 334 g/mol. The van der Waals surface area contributed by atoms with Crippen LogP contribution in [0.5, 0.6) is 5.75 Å². The van der Waals surface area contributed by atoms with E-state index in [9.17, 15) is 10.1 Å². The molecule has 0 bridgehead atoms. The predicted octanol–water partition coefficient (Wildman–Crippen LogP) is 2.19. The molecule has 0 spiro atoms. The van der Waals surface area contributed by atoms with Gasteiger partial charge in [0.15, 0.2) is 6.29 Å². The number of rotatable bonds is 10. The number of nitrogens with one attached hydrogen (secondary N) is 2. The lowest BCUT2D eigenvalue weighted by atomic mass is 10.0. The Bertz CT molecular complexity index is 663. The standard InChI is InChI=1S/C19H27N3O4/c1-6-26-17-8-7-13(2)9-16(17)14(3)22-19(23)15(10-20)11-21-12-18(24-4)25-5/h7-9,11,14,18,21H,6,12H2,1-5H3,(H,22,23)/b15-11-. The number of nitrogens with zero attached hydrogens (tertiary/aromatic N) is 1. The topological polar surface area (TPSA) is 92.6 Å². The Hall–Kier alpha value is -2.56. The van der Waals surface area contributed by atoms with E-state index in [0.29, 0.717) is 13.2 Å². The number of hydrogen-bond acceptors (Lipinski definition) is 6. The minimum absolute atomic E-state index is 0.0339. The van der Waals surface area contributed by atoms with Gasteiger partial charge in [-0.2, -0.15) is 5.26 Å². The highest BCUT2D eigenvalue weighted by Gasteiger charge is 2.17. The van der Waals surface area contributed by atoms with Gasteiger partial charge >= 0.3 is 0 Å². The van der Waals surface area contributed by atoms with Crippen LogP contribution in [0, 0.1) is 18.3 Å². The summed E-state index contributed by atoms with van der Waals surface area (Å²) in [4.78, 5) is 12.4. The van der Waals surface area contributed by atoms with Gasteiger partial charge in [-0.25, -0.2) is 0 Å². The molecular formula is C19H27N3O4. The van der Waals surface area contributed by atoms with E-state index >= 15 is 0 Å². The van der Waals surface area contributed by atoms with Gasteiger partial charge in [-0.05, 0) is 26.8 Å². The average Bonchev–Trinajstić information content (AvgIpc) is 2.63. The Morgan fingerprint density at radius 2 is 2.04 bits per heavy atom. The van der Waals surface area contributed by atoms with Crippen LogP contribution in [0.25, 0.3) is 0 Å². The van der Waals surface area contributed by atoms with Crippen LogP contribution in [0.2, 0.25) is 0 Å². The first-order chi connectivity index (χ1) is 12.5. The summed E-state index contributed by atoms with van der Waals surface area (Å²) in [5, 5.41) is 14.9. The fraction of sp³-hybridized carbons (Fsp3) is 0.474. The van der Waals surface area contributed by atoms with Crippen molar-refractivity contribution in [3.05, 3.63) is 41.1 Å². The SMILES string of the molecule is CCOc1ccc(C)cc1C(C)NC(=O)/C(C#N)=C\NCC(OC)OC. The summed E-state index contributed by atoms with van der Waals surface area (Å²) >= 11 is 0. The molecule has 1 aromatic carbocycles. The van der Waals surface area contributed by atoms with Crippen molar-refractivity contribution in [3.8, 4) is 11.8 Å². The highest BCUT2D eigenvalue weighted by molar-refractivity contribution is 5.97. The van der Waals surface area contributed by atoms with Gasteiger partial charge in [-0.15, -0.1) is 0 Å². The van der Waals surface area contributed by atoms with Crippen LogP contribution in [-0.2, 0) is 14.3 Å². The van der Waals surface area contributed by atoms with Gasteiger partial charge in [-0.1, -0.05) is 17.7 Å². The lowest BCUT2D eigenvalue weighted by Crippen LogP contribution is -2.30. The Morgan fingerprint density at radius 1 is 1.35 bits per heavy atom. The molecule has 0 aliphatic carbocycles. The van der Waals surface area contributed by atoms with Gasteiger partial charge < -0.3 is 24.8 Å². The summed E-state index contributed by atoms with van der Waals surface area (Å²) in [5.41, 5.74) is 1.89. The zero-order chi connectivity index (χ0) is 19.5. The van der Waals surface area contributed by atoms with E-state index in [1.807, 2.05) is 45.0 Å². The molecule has 0 aliphatic heterocycles. The van der Waals surface area contributed by atoms with Crippen molar-refractivity contribution >= 4 is 5.91 Å². The van der Waals surface area contributed by atoms with Crippen LogP contribution in [0.4, 0.5) is 0 Å². The largest absolute Gasteiger partial charge is 0.494 e. The summed E-state index contributed by atoms with van der Waals surface area (Å²) in [5.74, 6) is 0.248. The number of carbonyl (C=O) groups excluding carboxylic acids is 1. The van der Waals surface area contributed by atoms with Gasteiger partial charge in [0.2, 0.25) is 0 Å². The zero-order valence-electron chi connectivity index (χ0n) is 16.0. The molecule has 0 fully saturated rings. The van der Waals surface area contributed by atoms with Crippen LogP contribution in [0.15, 0.2) is 30.0 Å². The quantitative estimate of drug-likeness (QED) is 0.377. The third-order valence-corrected chi connectivity index (χ3v) is 3.70. The third-order valence-electron chi connectivity index (χ3n) is 3.70. The van der Waals surface area contributed by atoms with Crippen LogP contribution in [0.3, 0.4) is 0 Å². The Morgan fingerprint density at radius 3 is 2.62 bits per heavy atom. The van der Waals surface area contributed by atoms with Crippen molar-refractivity contribution in [1.82, 2.24) is 10.6 Å². The maximum Gasteiger partial charge on any atom is 0.263 e. The number of carbonyl (C=O) groups is 1. The fourth-order valence-corrected chi connectivity index (χ4v) is 2.31. The van der Waals surface area contributed by atoms with Crippen molar-refractivity contribution in [3.63, 3.8) is 0 Å². The maximum atomic E-state index is 12.4. The van der Waals surface area contributed by atoms with Gasteiger partial charge in [0, 0.05) is 26.0 Å². The summed E-state index contributed by atoms with van der Waals surface area (Å²) in [6.45, 7) is 6.57. The molecule has 1 aromatic rings. The highest BCUT2D eigenvalue weighted by atomic mass is 16.7. The van der Waals surface area contributed by atoms with E-state index in [1.165, 1.54) is 20.4 Å². The number of aryl methyl sites for hydroxylation is 1. The zero-order valence-corrected chi connectivity index (χ0v) is 16.0. The molecule has 0 saturated carbocycles. The normalized spacial score (nSPS) is 12.4. The number of amides is 1. The molecule has 2 N–H and O–H groups in total. The molecule has 0 saturated heterocycles. The lowest BCUT2D eigenvalue weighted by Gasteiger charge is -2.18. The van der Waals surface area contributed by atoms with Crippen molar-refractivity contribution in [2.75, 3.05) is 27.4 Å². The third kappa shape index (κ3) is 6.39. The lowest BCUT2D eigenvalue weighted by molar-refractivity contribution is -0.117. The van der Waals surface area contributed by atoms with Gasteiger partial charge in [-0.3, -0.25) is 4.79 Å². The monoisotopic (exact) mass is 361 g/mol. The van der Waals surface area contributed by atoms with Crippen LogP contribution in [-0.4, -0.2) is 39.6 Å². The van der Waals surface area contributed by atoms with Gasteiger partial charge in [0.05, 0.1) is 19.2 Å². The van der Waals surface area contributed by atoms with Crippen LogP contribution < -0.4 is 15.4 Å². The van der Waals surface area contributed by atoms with E-state index < -0.39 is 12.2 Å².